The molecule has 0 fully saturated rings. The Kier molecular flexibility index (Phi) is 9.68. The fourth-order valence-electron chi connectivity index (χ4n) is 0.585. The summed E-state index contributed by atoms with van der Waals surface area (Å²) in [6.45, 7) is 4.01. The Morgan fingerprint density at radius 3 is 2.14 bits per heavy atom. The van der Waals surface area contributed by atoms with Gasteiger partial charge in [0.1, 0.15) is 0 Å². The second-order valence-electron chi connectivity index (χ2n) is 3.11. The predicted molar refractivity (Wildman–Crippen MR) is 54.0 cm³/mol. The SMILES string of the molecule is CC(N)(N)CNCCCN.O=C(O)O. The van der Waals surface area contributed by atoms with Crippen LogP contribution in [0.4, 0.5) is 4.79 Å². The van der Waals surface area contributed by atoms with Crippen molar-refractivity contribution in [3.8, 4) is 0 Å². The maximum absolute atomic E-state index is 8.56. The van der Waals surface area contributed by atoms with E-state index in [1.807, 2.05) is 0 Å². The number of nitrogens with two attached hydrogens (primary N) is 3. The molecule has 0 atom stereocenters. The molecule has 0 radical (unpaired) electrons. The number of rotatable bonds is 5. The zero-order valence-corrected chi connectivity index (χ0v) is 8.36. The minimum atomic E-state index is -1.83. The van der Waals surface area contributed by atoms with Crippen molar-refractivity contribution >= 4 is 6.16 Å². The Bertz CT molecular complexity index is 142. The maximum Gasteiger partial charge on any atom is 0.503 e. The van der Waals surface area contributed by atoms with E-state index < -0.39 is 11.8 Å². The quantitative estimate of drug-likeness (QED) is 0.245. The predicted octanol–water partition coefficient (Wildman–Crippen LogP) is -1.22. The van der Waals surface area contributed by atoms with Crippen LogP contribution in [0.25, 0.3) is 0 Å². The van der Waals surface area contributed by atoms with Crippen molar-refractivity contribution in [2.24, 2.45) is 17.2 Å². The molecule has 0 bridgehead atoms. The molecule has 0 heterocycles. The lowest BCUT2D eigenvalue weighted by atomic mass is 10.2. The van der Waals surface area contributed by atoms with Crippen LogP contribution < -0.4 is 22.5 Å². The Balaban J connectivity index is 0. The van der Waals surface area contributed by atoms with Crippen LogP contribution in [0.2, 0.25) is 0 Å². The normalized spacial score (nSPS) is 10.3. The van der Waals surface area contributed by atoms with E-state index in [0.29, 0.717) is 13.1 Å². The van der Waals surface area contributed by atoms with Crippen molar-refractivity contribution in [2.75, 3.05) is 19.6 Å². The number of nitrogens with one attached hydrogen (secondary N) is 1. The van der Waals surface area contributed by atoms with Crippen LogP contribution in [-0.4, -0.2) is 41.7 Å². The molecule has 0 aromatic rings. The molecule has 0 aliphatic carbocycles. The van der Waals surface area contributed by atoms with Gasteiger partial charge in [0.15, 0.2) is 0 Å². The maximum atomic E-state index is 8.56. The Hall–Kier alpha value is -0.890. The summed E-state index contributed by atoms with van der Waals surface area (Å²) in [5, 5.41) is 17.0. The highest BCUT2D eigenvalue weighted by atomic mass is 16.6. The minimum absolute atomic E-state index is 0.603. The number of hydrogen-bond acceptors (Lipinski definition) is 5. The molecule has 0 aromatic heterocycles. The average Bonchev–Trinajstić information content (AvgIpc) is 1.95. The van der Waals surface area contributed by atoms with Gasteiger partial charge in [-0.1, -0.05) is 0 Å². The molecule has 0 spiro atoms. The van der Waals surface area contributed by atoms with Crippen molar-refractivity contribution in [1.29, 1.82) is 0 Å². The summed E-state index contributed by atoms with van der Waals surface area (Å²) in [5.74, 6) is 0. The van der Waals surface area contributed by atoms with Crippen molar-refractivity contribution in [3.05, 3.63) is 0 Å². The van der Waals surface area contributed by atoms with Crippen LogP contribution in [0.15, 0.2) is 0 Å². The summed E-state index contributed by atoms with van der Waals surface area (Å²) in [6.07, 6.45) is -0.865. The summed E-state index contributed by atoms with van der Waals surface area (Å²) >= 11 is 0. The molecule has 0 aliphatic heterocycles. The van der Waals surface area contributed by atoms with Crippen LogP contribution in [0.1, 0.15) is 13.3 Å². The molecule has 7 nitrogen and oxygen atoms in total. The Morgan fingerprint density at radius 2 is 1.86 bits per heavy atom. The van der Waals surface area contributed by atoms with Gasteiger partial charge in [-0.2, -0.15) is 0 Å². The summed E-state index contributed by atoms with van der Waals surface area (Å²) in [6, 6.07) is 0. The van der Waals surface area contributed by atoms with Crippen molar-refractivity contribution < 1.29 is 15.0 Å². The lowest BCUT2D eigenvalue weighted by Gasteiger charge is -2.18. The second-order valence-corrected chi connectivity index (χ2v) is 3.11. The monoisotopic (exact) mass is 208 g/mol. The first-order valence-electron chi connectivity index (χ1n) is 4.20. The van der Waals surface area contributed by atoms with Gasteiger partial charge in [-0.05, 0) is 26.4 Å². The number of carboxylic acid groups (broad SMARTS) is 2. The third-order valence-electron chi connectivity index (χ3n) is 1.06. The molecule has 7 heteroatoms. The van der Waals surface area contributed by atoms with Crippen molar-refractivity contribution in [1.82, 2.24) is 5.32 Å². The fraction of sp³-hybridized carbons (Fsp3) is 0.857. The second kappa shape index (κ2) is 8.70. The third-order valence-corrected chi connectivity index (χ3v) is 1.06. The molecule has 0 aromatic carbocycles. The van der Waals surface area contributed by atoms with E-state index in [2.05, 4.69) is 5.32 Å². The van der Waals surface area contributed by atoms with Gasteiger partial charge in [0.05, 0.1) is 5.66 Å². The summed E-state index contributed by atoms with van der Waals surface area (Å²) in [5.41, 5.74) is 15.7. The highest BCUT2D eigenvalue weighted by Gasteiger charge is 2.08. The molecular weight excluding hydrogens is 188 g/mol. The molecule has 14 heavy (non-hydrogen) atoms. The van der Waals surface area contributed by atoms with E-state index in [0.717, 1.165) is 13.0 Å². The summed E-state index contributed by atoms with van der Waals surface area (Å²) in [4.78, 5) is 8.56. The summed E-state index contributed by atoms with van der Waals surface area (Å²) < 4.78 is 0. The molecule has 0 unspecified atom stereocenters. The van der Waals surface area contributed by atoms with Crippen LogP contribution >= 0.6 is 0 Å². The number of hydrogen-bond donors (Lipinski definition) is 6. The van der Waals surface area contributed by atoms with Crippen LogP contribution in [0, 0.1) is 0 Å². The molecule has 9 N–H and O–H groups in total. The molecule has 0 amide bonds. The fourth-order valence-corrected chi connectivity index (χ4v) is 0.585. The van der Waals surface area contributed by atoms with Gasteiger partial charge < -0.3 is 32.7 Å². The van der Waals surface area contributed by atoms with Crippen molar-refractivity contribution in [2.45, 2.75) is 19.0 Å². The first-order chi connectivity index (χ1) is 6.29. The molecule has 0 aliphatic rings. The zero-order chi connectivity index (χ0) is 11.6. The average molecular weight is 208 g/mol. The molecular formula is C7H20N4O3. The first kappa shape index (κ1) is 15.6. The largest absolute Gasteiger partial charge is 0.503 e. The third kappa shape index (κ3) is 30.4. The Labute approximate surface area is 83.3 Å². The molecule has 0 saturated heterocycles. The van der Waals surface area contributed by atoms with Gasteiger partial charge in [-0.25, -0.2) is 4.79 Å². The lowest BCUT2D eigenvalue weighted by molar-refractivity contribution is 0.137. The lowest BCUT2D eigenvalue weighted by Crippen LogP contribution is -2.54. The molecule has 0 saturated carbocycles. The number of carbonyl (C=O) groups is 1. The van der Waals surface area contributed by atoms with Gasteiger partial charge in [0, 0.05) is 6.54 Å². The van der Waals surface area contributed by atoms with E-state index in [4.69, 9.17) is 32.2 Å². The zero-order valence-electron chi connectivity index (χ0n) is 8.36. The van der Waals surface area contributed by atoms with Gasteiger partial charge in [0.25, 0.3) is 0 Å². The standard InChI is InChI=1S/C6H18N4.CH2O3/c1-6(8,9)5-10-4-2-3-7;2-1(3)4/h10H,2-5,7-9H2,1H3;(H2,2,3,4). The van der Waals surface area contributed by atoms with Crippen LogP contribution in [-0.2, 0) is 0 Å². The first-order valence-corrected chi connectivity index (χ1v) is 4.20. The van der Waals surface area contributed by atoms with E-state index in [1.54, 1.807) is 6.92 Å². The highest BCUT2D eigenvalue weighted by molar-refractivity contribution is 5.53. The van der Waals surface area contributed by atoms with Crippen LogP contribution in [0.5, 0.6) is 0 Å². The van der Waals surface area contributed by atoms with E-state index >= 15 is 0 Å². The van der Waals surface area contributed by atoms with Gasteiger partial charge in [-0.15, -0.1) is 0 Å². The minimum Gasteiger partial charge on any atom is -0.450 e. The van der Waals surface area contributed by atoms with E-state index in [1.165, 1.54) is 0 Å². The topological polar surface area (TPSA) is 148 Å². The summed E-state index contributed by atoms with van der Waals surface area (Å²) in [7, 11) is 0. The van der Waals surface area contributed by atoms with E-state index in [-0.39, 0.29) is 0 Å². The highest BCUT2D eigenvalue weighted by Crippen LogP contribution is 1.82. The van der Waals surface area contributed by atoms with Crippen molar-refractivity contribution in [3.63, 3.8) is 0 Å². The smallest absolute Gasteiger partial charge is 0.450 e. The molecule has 86 valence electrons. The van der Waals surface area contributed by atoms with Gasteiger partial charge in [0.2, 0.25) is 0 Å². The molecule has 0 rings (SSSR count). The Morgan fingerprint density at radius 1 is 1.43 bits per heavy atom. The van der Waals surface area contributed by atoms with E-state index in [9.17, 15) is 0 Å². The van der Waals surface area contributed by atoms with Gasteiger partial charge in [-0.3, -0.25) is 0 Å². The van der Waals surface area contributed by atoms with Crippen LogP contribution in [0.3, 0.4) is 0 Å². The van der Waals surface area contributed by atoms with Gasteiger partial charge >= 0.3 is 6.16 Å².